The Morgan fingerprint density at radius 3 is 2.29 bits per heavy atom. The predicted octanol–water partition coefficient (Wildman–Crippen LogP) is 3.97. The number of benzene rings is 2. The van der Waals surface area contributed by atoms with Crippen molar-refractivity contribution in [1.29, 1.82) is 5.26 Å². The van der Waals surface area contributed by atoms with Gasteiger partial charge in [0.25, 0.3) is 5.91 Å². The highest BCUT2D eigenvalue weighted by Crippen LogP contribution is 2.31. The normalized spacial score (nSPS) is 15.3. The maximum Gasteiger partial charge on any atom is 0.254 e. The Bertz CT molecular complexity index is 786. The highest BCUT2D eigenvalue weighted by atomic mass is 16.5. The molecule has 24 heavy (non-hydrogen) atoms. The molecular weight excluding hydrogens is 300 g/mol. The van der Waals surface area contributed by atoms with Crippen LogP contribution in [0.25, 0.3) is 10.8 Å². The molecule has 0 aliphatic carbocycles. The Hall–Kier alpha value is -2.38. The molecule has 2 unspecified atom stereocenters. The number of rotatable bonds is 4. The molecule has 0 spiro atoms. The first-order valence-corrected chi connectivity index (χ1v) is 7.96. The van der Waals surface area contributed by atoms with Crippen LogP contribution in [0.4, 0.5) is 0 Å². The lowest BCUT2D eigenvalue weighted by Crippen LogP contribution is -2.55. The van der Waals surface area contributed by atoms with Crippen molar-refractivity contribution < 1.29 is 9.53 Å². The van der Waals surface area contributed by atoms with E-state index in [0.29, 0.717) is 0 Å². The summed E-state index contributed by atoms with van der Waals surface area (Å²) in [7, 11) is 1.50. The number of nitrogens with one attached hydrogen (secondary N) is 1. The lowest BCUT2D eigenvalue weighted by molar-refractivity contribution is -0.133. The van der Waals surface area contributed by atoms with Crippen molar-refractivity contribution in [3.63, 3.8) is 0 Å². The van der Waals surface area contributed by atoms with Gasteiger partial charge in [-0.25, -0.2) is 0 Å². The molecule has 126 valence electrons. The summed E-state index contributed by atoms with van der Waals surface area (Å²) in [6.07, 6.45) is -0.760. The van der Waals surface area contributed by atoms with Crippen molar-refractivity contribution in [2.75, 3.05) is 7.11 Å². The fourth-order valence-corrected chi connectivity index (χ4v) is 2.46. The number of hydrogen-bond acceptors (Lipinski definition) is 3. The Labute approximate surface area is 143 Å². The Balaban J connectivity index is 2.33. The number of methoxy groups -OCH3 is 1. The molecule has 0 aliphatic heterocycles. The molecule has 0 aliphatic rings. The SMILES string of the molecule is COC(C(=O)NC(C)(C#N)C(C)(C)C)c1ccc2ccccc2c1. The summed E-state index contributed by atoms with van der Waals surface area (Å²) in [5.41, 5.74) is -0.625. The molecule has 2 rings (SSSR count). The summed E-state index contributed by atoms with van der Waals surface area (Å²) in [5, 5.41) is 14.5. The lowest BCUT2D eigenvalue weighted by atomic mass is 9.75. The molecule has 2 aromatic rings. The van der Waals surface area contributed by atoms with E-state index in [-0.39, 0.29) is 5.91 Å². The molecule has 2 aromatic carbocycles. The zero-order valence-corrected chi connectivity index (χ0v) is 14.9. The van der Waals surface area contributed by atoms with E-state index in [4.69, 9.17) is 4.74 Å². The summed E-state index contributed by atoms with van der Waals surface area (Å²) in [6.45, 7) is 7.51. The third-order valence-corrected chi connectivity index (χ3v) is 4.65. The van der Waals surface area contributed by atoms with Crippen LogP contribution in [-0.2, 0) is 9.53 Å². The fraction of sp³-hybridized carbons (Fsp3) is 0.400. The molecule has 0 radical (unpaired) electrons. The molecule has 0 saturated carbocycles. The maximum atomic E-state index is 12.7. The summed E-state index contributed by atoms with van der Waals surface area (Å²) in [5.74, 6) is -0.313. The minimum atomic E-state index is -0.988. The molecular formula is C20H24N2O2. The Morgan fingerprint density at radius 1 is 1.12 bits per heavy atom. The second kappa shape index (κ2) is 6.62. The van der Waals surface area contributed by atoms with E-state index >= 15 is 0 Å². The lowest BCUT2D eigenvalue weighted by Gasteiger charge is -2.37. The van der Waals surface area contributed by atoms with Gasteiger partial charge in [-0.1, -0.05) is 57.2 Å². The second-order valence-corrected chi connectivity index (χ2v) is 7.20. The van der Waals surface area contributed by atoms with Crippen LogP contribution in [0.2, 0.25) is 0 Å². The number of nitriles is 1. The Kier molecular flexibility index (Phi) is 4.96. The fourth-order valence-electron chi connectivity index (χ4n) is 2.46. The first-order chi connectivity index (χ1) is 11.2. The molecule has 4 heteroatoms. The van der Waals surface area contributed by atoms with Crippen molar-refractivity contribution >= 4 is 16.7 Å². The Morgan fingerprint density at radius 2 is 1.75 bits per heavy atom. The number of hydrogen-bond donors (Lipinski definition) is 1. The van der Waals surface area contributed by atoms with E-state index in [1.807, 2.05) is 63.2 Å². The monoisotopic (exact) mass is 324 g/mol. The molecule has 1 amide bonds. The van der Waals surface area contributed by atoms with Gasteiger partial charge in [0.2, 0.25) is 0 Å². The molecule has 1 N–H and O–H groups in total. The summed E-state index contributed by atoms with van der Waals surface area (Å²) in [6, 6.07) is 16.0. The quantitative estimate of drug-likeness (QED) is 0.925. The van der Waals surface area contributed by atoms with Gasteiger partial charge >= 0.3 is 0 Å². The minimum Gasteiger partial charge on any atom is -0.367 e. The topological polar surface area (TPSA) is 62.1 Å². The van der Waals surface area contributed by atoms with Crippen LogP contribution in [0.1, 0.15) is 39.4 Å². The minimum absolute atomic E-state index is 0.313. The number of carbonyl (C=O) groups excluding carboxylic acids is 1. The van der Waals surface area contributed by atoms with Gasteiger partial charge in [-0.2, -0.15) is 5.26 Å². The van der Waals surface area contributed by atoms with Crippen LogP contribution in [0.5, 0.6) is 0 Å². The first-order valence-electron chi connectivity index (χ1n) is 7.96. The van der Waals surface area contributed by atoms with Crippen LogP contribution < -0.4 is 5.32 Å². The molecule has 2 atom stereocenters. The number of fused-ring (bicyclic) bond motifs is 1. The molecule has 0 bridgehead atoms. The first kappa shape index (κ1) is 18.0. The van der Waals surface area contributed by atoms with Crippen LogP contribution in [0, 0.1) is 16.7 Å². The molecule has 0 fully saturated rings. The number of ether oxygens (including phenoxy) is 1. The van der Waals surface area contributed by atoms with Crippen LogP contribution in [0.15, 0.2) is 42.5 Å². The van der Waals surface area contributed by atoms with E-state index in [1.165, 1.54) is 7.11 Å². The van der Waals surface area contributed by atoms with Gasteiger partial charge in [0.05, 0.1) is 6.07 Å². The van der Waals surface area contributed by atoms with Crippen molar-refractivity contribution in [2.24, 2.45) is 5.41 Å². The highest BCUT2D eigenvalue weighted by molar-refractivity contribution is 5.87. The molecule has 0 aromatic heterocycles. The van der Waals surface area contributed by atoms with Crippen LogP contribution in [0.3, 0.4) is 0 Å². The van der Waals surface area contributed by atoms with Gasteiger partial charge in [0.15, 0.2) is 6.10 Å². The van der Waals surface area contributed by atoms with Gasteiger partial charge in [-0.05, 0) is 34.7 Å². The second-order valence-electron chi connectivity index (χ2n) is 7.20. The third-order valence-electron chi connectivity index (χ3n) is 4.65. The van der Waals surface area contributed by atoms with Gasteiger partial charge in [0, 0.05) is 7.11 Å². The maximum absolute atomic E-state index is 12.7. The van der Waals surface area contributed by atoms with Crippen molar-refractivity contribution in [1.82, 2.24) is 5.32 Å². The number of nitrogens with zero attached hydrogens (tertiary/aromatic N) is 1. The van der Waals surface area contributed by atoms with Gasteiger partial charge in [-0.3, -0.25) is 4.79 Å². The number of amides is 1. The largest absolute Gasteiger partial charge is 0.367 e. The van der Waals surface area contributed by atoms with Gasteiger partial charge in [0.1, 0.15) is 5.54 Å². The average Bonchev–Trinajstić information content (AvgIpc) is 2.54. The molecule has 0 saturated heterocycles. The average molecular weight is 324 g/mol. The summed E-state index contributed by atoms with van der Waals surface area (Å²) >= 11 is 0. The van der Waals surface area contributed by atoms with Crippen molar-refractivity contribution in [3.05, 3.63) is 48.0 Å². The predicted molar refractivity (Wildman–Crippen MR) is 95.3 cm³/mol. The van der Waals surface area contributed by atoms with E-state index < -0.39 is 17.1 Å². The van der Waals surface area contributed by atoms with E-state index in [2.05, 4.69) is 11.4 Å². The van der Waals surface area contributed by atoms with E-state index in [9.17, 15) is 10.1 Å². The zero-order chi connectivity index (χ0) is 18.0. The van der Waals surface area contributed by atoms with Crippen LogP contribution >= 0.6 is 0 Å². The molecule has 4 nitrogen and oxygen atoms in total. The van der Waals surface area contributed by atoms with E-state index in [1.54, 1.807) is 6.92 Å². The number of carbonyl (C=O) groups is 1. The summed E-state index contributed by atoms with van der Waals surface area (Å²) < 4.78 is 5.43. The van der Waals surface area contributed by atoms with Crippen molar-refractivity contribution in [2.45, 2.75) is 39.3 Å². The third kappa shape index (κ3) is 3.42. The zero-order valence-electron chi connectivity index (χ0n) is 14.9. The van der Waals surface area contributed by atoms with Crippen LogP contribution in [-0.4, -0.2) is 18.6 Å². The standard InChI is InChI=1S/C20H24N2O2/c1-19(2,3)20(4,13-21)22-18(23)17(24-5)16-11-10-14-8-6-7-9-15(14)12-16/h6-12,17H,1-5H3,(H,22,23). The van der Waals surface area contributed by atoms with Crippen molar-refractivity contribution in [3.8, 4) is 6.07 Å². The smallest absolute Gasteiger partial charge is 0.254 e. The summed E-state index contributed by atoms with van der Waals surface area (Å²) in [4.78, 5) is 12.7. The highest BCUT2D eigenvalue weighted by Gasteiger charge is 2.40. The van der Waals surface area contributed by atoms with Gasteiger partial charge < -0.3 is 10.1 Å². The molecule has 0 heterocycles. The van der Waals surface area contributed by atoms with Gasteiger partial charge in [-0.15, -0.1) is 0 Å². The van der Waals surface area contributed by atoms with E-state index in [0.717, 1.165) is 16.3 Å².